The van der Waals surface area contributed by atoms with Crippen LogP contribution in [-0.2, 0) is 19.5 Å². The average molecular weight is 419 g/mol. The molecule has 0 saturated carbocycles. The van der Waals surface area contributed by atoms with Gasteiger partial charge in [-0.05, 0) is 55.0 Å². The summed E-state index contributed by atoms with van der Waals surface area (Å²) >= 11 is 0. The molecule has 0 unspecified atom stereocenters. The van der Waals surface area contributed by atoms with Gasteiger partial charge in [-0.2, -0.15) is 5.10 Å². The van der Waals surface area contributed by atoms with Crippen molar-refractivity contribution in [3.05, 3.63) is 70.1 Å². The standard InChI is InChI=1S/C25H30N4O2/c30-23(17-27-13-10-19-6-2-3-7-20(19)16-27)18-29-25(31)24-9-8-22(14-21(24)15-26-29)28-11-4-1-5-12-28/h2-3,6-9,14-15,23,30H,1,4-5,10-13,16-18H2/t23-/m1/s1. The molecule has 2 aliphatic rings. The third kappa shape index (κ3) is 4.36. The van der Waals surface area contributed by atoms with Crippen molar-refractivity contribution in [2.75, 3.05) is 31.1 Å². The number of β-amino-alcohol motifs (C(OH)–C–C–N with tert-alkyl or cyclic N) is 1. The molecule has 1 atom stereocenters. The molecule has 0 amide bonds. The van der Waals surface area contributed by atoms with E-state index in [-0.39, 0.29) is 12.1 Å². The van der Waals surface area contributed by atoms with Crippen molar-refractivity contribution >= 4 is 16.5 Å². The van der Waals surface area contributed by atoms with Crippen LogP contribution >= 0.6 is 0 Å². The normalized spacial score (nSPS) is 18.2. The van der Waals surface area contributed by atoms with Crippen molar-refractivity contribution in [1.29, 1.82) is 0 Å². The number of aliphatic hydroxyl groups excluding tert-OH is 1. The van der Waals surface area contributed by atoms with E-state index in [1.165, 1.54) is 35.1 Å². The highest BCUT2D eigenvalue weighted by Crippen LogP contribution is 2.23. The fraction of sp³-hybridized carbons (Fsp3) is 0.440. The first-order chi connectivity index (χ1) is 15.2. The molecule has 1 saturated heterocycles. The lowest BCUT2D eigenvalue weighted by Gasteiger charge is -2.30. The van der Waals surface area contributed by atoms with Gasteiger partial charge in [0.1, 0.15) is 0 Å². The molecule has 6 nitrogen and oxygen atoms in total. The Kier molecular flexibility index (Phi) is 5.74. The van der Waals surface area contributed by atoms with Crippen LogP contribution in [0.1, 0.15) is 30.4 Å². The molecule has 0 aliphatic carbocycles. The van der Waals surface area contributed by atoms with E-state index < -0.39 is 6.10 Å². The highest BCUT2D eigenvalue weighted by molar-refractivity contribution is 5.84. The van der Waals surface area contributed by atoms with Crippen LogP contribution in [0.4, 0.5) is 5.69 Å². The summed E-state index contributed by atoms with van der Waals surface area (Å²) < 4.78 is 1.41. The Morgan fingerprint density at radius 3 is 2.61 bits per heavy atom. The maximum Gasteiger partial charge on any atom is 0.274 e. The first-order valence-corrected chi connectivity index (χ1v) is 11.4. The minimum absolute atomic E-state index is 0.134. The van der Waals surface area contributed by atoms with Gasteiger partial charge < -0.3 is 10.0 Å². The fourth-order valence-electron chi connectivity index (χ4n) is 4.92. The van der Waals surface area contributed by atoms with Crippen molar-refractivity contribution in [2.24, 2.45) is 0 Å². The molecule has 31 heavy (non-hydrogen) atoms. The van der Waals surface area contributed by atoms with Crippen molar-refractivity contribution in [1.82, 2.24) is 14.7 Å². The second kappa shape index (κ2) is 8.81. The maximum absolute atomic E-state index is 13.0. The number of hydrogen-bond acceptors (Lipinski definition) is 5. The first-order valence-electron chi connectivity index (χ1n) is 11.4. The topological polar surface area (TPSA) is 61.6 Å². The molecule has 3 heterocycles. The number of benzene rings is 2. The lowest BCUT2D eigenvalue weighted by molar-refractivity contribution is 0.0878. The molecule has 0 bridgehead atoms. The summed E-state index contributed by atoms with van der Waals surface area (Å²) in [4.78, 5) is 17.6. The number of rotatable bonds is 5. The van der Waals surface area contributed by atoms with Gasteiger partial charge in [0.15, 0.2) is 0 Å². The third-order valence-electron chi connectivity index (χ3n) is 6.62. The molecule has 0 radical (unpaired) electrons. The zero-order valence-corrected chi connectivity index (χ0v) is 17.9. The zero-order valence-electron chi connectivity index (χ0n) is 17.9. The van der Waals surface area contributed by atoms with Gasteiger partial charge in [-0.1, -0.05) is 24.3 Å². The highest BCUT2D eigenvalue weighted by Gasteiger charge is 2.19. The molecule has 3 aromatic rings. The van der Waals surface area contributed by atoms with Crippen LogP contribution in [0.2, 0.25) is 0 Å². The Morgan fingerprint density at radius 2 is 1.77 bits per heavy atom. The summed E-state index contributed by atoms with van der Waals surface area (Å²) in [5, 5.41) is 16.6. The molecular formula is C25H30N4O2. The summed E-state index contributed by atoms with van der Waals surface area (Å²) in [6, 6.07) is 14.5. The molecule has 0 spiro atoms. The van der Waals surface area contributed by atoms with Crippen LogP contribution in [0.5, 0.6) is 0 Å². The quantitative estimate of drug-likeness (QED) is 0.690. The number of fused-ring (bicyclic) bond motifs is 2. The molecule has 2 aromatic carbocycles. The van der Waals surface area contributed by atoms with E-state index in [4.69, 9.17) is 0 Å². The lowest BCUT2D eigenvalue weighted by atomic mass is 10.00. The first kappa shape index (κ1) is 20.2. The Balaban J connectivity index is 1.28. The predicted molar refractivity (Wildman–Crippen MR) is 123 cm³/mol. The molecular weight excluding hydrogens is 388 g/mol. The number of hydrogen-bond donors (Lipinski definition) is 1. The molecule has 1 fully saturated rings. The van der Waals surface area contributed by atoms with Crippen LogP contribution < -0.4 is 10.5 Å². The lowest BCUT2D eigenvalue weighted by Crippen LogP contribution is -2.40. The van der Waals surface area contributed by atoms with E-state index in [9.17, 15) is 9.90 Å². The molecule has 6 heteroatoms. The van der Waals surface area contributed by atoms with Crippen LogP contribution in [0, 0.1) is 0 Å². The molecule has 2 aliphatic heterocycles. The van der Waals surface area contributed by atoms with Gasteiger partial charge in [-0.3, -0.25) is 9.69 Å². The minimum Gasteiger partial charge on any atom is -0.390 e. The predicted octanol–water partition coefficient (Wildman–Crippen LogP) is 2.81. The van der Waals surface area contributed by atoms with Gasteiger partial charge in [-0.25, -0.2) is 4.68 Å². The van der Waals surface area contributed by atoms with Crippen molar-refractivity contribution in [2.45, 2.75) is 44.9 Å². The molecule has 1 N–H and O–H groups in total. The second-order valence-corrected chi connectivity index (χ2v) is 8.86. The maximum atomic E-state index is 13.0. The second-order valence-electron chi connectivity index (χ2n) is 8.86. The number of aromatic nitrogens is 2. The zero-order chi connectivity index (χ0) is 21.2. The monoisotopic (exact) mass is 418 g/mol. The Labute approximate surface area is 182 Å². The van der Waals surface area contributed by atoms with E-state index in [0.29, 0.717) is 11.9 Å². The molecule has 1 aromatic heterocycles. The van der Waals surface area contributed by atoms with Gasteiger partial charge in [0.25, 0.3) is 5.56 Å². The largest absolute Gasteiger partial charge is 0.390 e. The fourth-order valence-corrected chi connectivity index (χ4v) is 4.92. The number of aliphatic hydroxyl groups is 1. The van der Waals surface area contributed by atoms with Crippen LogP contribution in [0.3, 0.4) is 0 Å². The van der Waals surface area contributed by atoms with Gasteiger partial charge in [0.05, 0.1) is 24.2 Å². The van der Waals surface area contributed by atoms with Gasteiger partial charge in [0, 0.05) is 43.8 Å². The van der Waals surface area contributed by atoms with Gasteiger partial charge >= 0.3 is 0 Å². The van der Waals surface area contributed by atoms with E-state index >= 15 is 0 Å². The van der Waals surface area contributed by atoms with Gasteiger partial charge in [-0.15, -0.1) is 0 Å². The minimum atomic E-state index is -0.638. The van der Waals surface area contributed by atoms with Crippen molar-refractivity contribution in [3.8, 4) is 0 Å². The SMILES string of the molecule is O=c1c2ccc(N3CCCCC3)cc2cnn1C[C@H](O)CN1CCc2ccccc2C1. The highest BCUT2D eigenvalue weighted by atomic mass is 16.3. The third-order valence-corrected chi connectivity index (χ3v) is 6.62. The van der Waals surface area contributed by atoms with Crippen molar-refractivity contribution < 1.29 is 5.11 Å². The summed E-state index contributed by atoms with van der Waals surface area (Å²) in [6.45, 7) is 4.65. The smallest absolute Gasteiger partial charge is 0.274 e. The summed E-state index contributed by atoms with van der Waals surface area (Å²) in [5.41, 5.74) is 3.75. The summed E-state index contributed by atoms with van der Waals surface area (Å²) in [5.74, 6) is 0. The van der Waals surface area contributed by atoms with E-state index in [2.05, 4.69) is 45.2 Å². The Morgan fingerprint density at radius 1 is 0.968 bits per heavy atom. The molecule has 162 valence electrons. The summed E-state index contributed by atoms with van der Waals surface area (Å²) in [7, 11) is 0. The number of piperidine rings is 1. The average Bonchev–Trinajstić information content (AvgIpc) is 2.81. The van der Waals surface area contributed by atoms with E-state index in [0.717, 1.165) is 43.7 Å². The number of anilines is 1. The van der Waals surface area contributed by atoms with Crippen molar-refractivity contribution in [3.63, 3.8) is 0 Å². The summed E-state index contributed by atoms with van der Waals surface area (Å²) in [6.07, 6.45) is 5.85. The Bertz CT molecular complexity index is 1120. The Hall–Kier alpha value is -2.70. The van der Waals surface area contributed by atoms with Crippen LogP contribution in [-0.4, -0.2) is 52.1 Å². The van der Waals surface area contributed by atoms with E-state index in [1.807, 2.05) is 12.1 Å². The molecule has 5 rings (SSSR count). The van der Waals surface area contributed by atoms with Gasteiger partial charge in [0.2, 0.25) is 0 Å². The van der Waals surface area contributed by atoms with E-state index in [1.54, 1.807) is 6.20 Å². The van der Waals surface area contributed by atoms with Crippen LogP contribution in [0.25, 0.3) is 10.8 Å². The van der Waals surface area contributed by atoms with Crippen LogP contribution in [0.15, 0.2) is 53.5 Å². The number of nitrogens with zero attached hydrogens (tertiary/aromatic N) is 4.